The lowest BCUT2D eigenvalue weighted by Crippen LogP contribution is -2.38. The van der Waals surface area contributed by atoms with Crippen molar-refractivity contribution in [2.24, 2.45) is 0 Å². The minimum Gasteiger partial charge on any atom is -0.397 e. The van der Waals surface area contributed by atoms with Gasteiger partial charge in [0.1, 0.15) is 0 Å². The van der Waals surface area contributed by atoms with Gasteiger partial charge in [0.2, 0.25) is 5.91 Å². The average molecular weight is 312 g/mol. The fourth-order valence-electron chi connectivity index (χ4n) is 2.60. The molecule has 1 aliphatic rings. The molecule has 1 fully saturated rings. The molecule has 1 aliphatic heterocycles. The summed E-state index contributed by atoms with van der Waals surface area (Å²) in [7, 11) is 2.03. The van der Waals surface area contributed by atoms with Crippen LogP contribution in [0, 0.1) is 0 Å². The highest BCUT2D eigenvalue weighted by Crippen LogP contribution is 2.23. The molecule has 1 aromatic rings. The number of rotatable bonds is 5. The molecular formula is C15H22ClN3O2. The molecule has 0 spiro atoms. The third-order valence-corrected chi connectivity index (χ3v) is 4.12. The van der Waals surface area contributed by atoms with Crippen molar-refractivity contribution in [1.29, 1.82) is 0 Å². The summed E-state index contributed by atoms with van der Waals surface area (Å²) in [4.78, 5) is 14.2. The van der Waals surface area contributed by atoms with Crippen LogP contribution < -0.4 is 11.1 Å². The van der Waals surface area contributed by atoms with Gasteiger partial charge >= 0.3 is 0 Å². The van der Waals surface area contributed by atoms with Crippen molar-refractivity contribution in [1.82, 2.24) is 4.90 Å². The van der Waals surface area contributed by atoms with Gasteiger partial charge in [-0.25, -0.2) is 0 Å². The first-order chi connectivity index (χ1) is 9.97. The Kier molecular flexibility index (Phi) is 5.45. The van der Waals surface area contributed by atoms with Gasteiger partial charge in [0.15, 0.2) is 0 Å². The van der Waals surface area contributed by atoms with E-state index in [0.29, 0.717) is 35.4 Å². The van der Waals surface area contributed by atoms with Gasteiger partial charge < -0.3 is 20.7 Å². The van der Waals surface area contributed by atoms with Gasteiger partial charge in [-0.15, -0.1) is 0 Å². The Labute approximate surface area is 130 Å². The number of hydrogen-bond donors (Lipinski definition) is 2. The zero-order valence-corrected chi connectivity index (χ0v) is 13.2. The highest BCUT2D eigenvalue weighted by Gasteiger charge is 2.27. The van der Waals surface area contributed by atoms with Gasteiger partial charge in [-0.1, -0.05) is 11.6 Å². The Morgan fingerprint density at radius 2 is 2.33 bits per heavy atom. The molecular weight excluding hydrogens is 290 g/mol. The molecule has 6 heteroatoms. The van der Waals surface area contributed by atoms with Crippen LogP contribution in [0.4, 0.5) is 11.4 Å². The van der Waals surface area contributed by atoms with E-state index in [0.717, 1.165) is 13.0 Å². The highest BCUT2D eigenvalue weighted by molar-refractivity contribution is 6.31. The molecule has 0 aliphatic carbocycles. The zero-order valence-electron chi connectivity index (χ0n) is 12.4. The summed E-state index contributed by atoms with van der Waals surface area (Å²) in [6, 6.07) is 5.43. The molecule has 0 aromatic heterocycles. The lowest BCUT2D eigenvalue weighted by atomic mass is 10.1. The van der Waals surface area contributed by atoms with E-state index in [9.17, 15) is 4.79 Å². The summed E-state index contributed by atoms with van der Waals surface area (Å²) in [5.74, 6) is -0.0533. The average Bonchev–Trinajstić information content (AvgIpc) is 2.85. The van der Waals surface area contributed by atoms with E-state index in [1.165, 1.54) is 0 Å². The van der Waals surface area contributed by atoms with E-state index in [1.807, 2.05) is 7.05 Å². The number of nitrogens with zero attached hydrogens (tertiary/aromatic N) is 1. The van der Waals surface area contributed by atoms with Crippen LogP contribution in [0.2, 0.25) is 5.02 Å². The molecule has 1 aromatic carbocycles. The number of ether oxygens (including phenoxy) is 1. The summed E-state index contributed by atoms with van der Waals surface area (Å²) in [6.45, 7) is 3.56. The van der Waals surface area contributed by atoms with Crippen LogP contribution in [0.5, 0.6) is 0 Å². The molecule has 21 heavy (non-hydrogen) atoms. The number of benzene rings is 1. The fourth-order valence-corrected chi connectivity index (χ4v) is 2.78. The molecule has 1 amide bonds. The number of nitrogens with one attached hydrogen (secondary N) is 1. The minimum absolute atomic E-state index is 0.0533. The number of anilines is 2. The van der Waals surface area contributed by atoms with E-state index < -0.39 is 0 Å². The van der Waals surface area contributed by atoms with Crippen LogP contribution in [0.3, 0.4) is 0 Å². The number of nitrogen functional groups attached to an aromatic ring is 1. The second-order valence-corrected chi connectivity index (χ2v) is 5.88. The predicted octanol–water partition coefficient (Wildman–Crippen LogP) is 2.36. The highest BCUT2D eigenvalue weighted by atomic mass is 35.5. The maximum absolute atomic E-state index is 12.0. The molecule has 5 nitrogen and oxygen atoms in total. The summed E-state index contributed by atoms with van der Waals surface area (Å²) < 4.78 is 5.54. The van der Waals surface area contributed by atoms with Crippen LogP contribution in [0.15, 0.2) is 18.2 Å². The monoisotopic (exact) mass is 311 g/mol. The van der Waals surface area contributed by atoms with Crippen LogP contribution in [-0.4, -0.2) is 43.2 Å². The maximum atomic E-state index is 12.0. The second-order valence-electron chi connectivity index (χ2n) is 5.44. The molecule has 1 heterocycles. The van der Waals surface area contributed by atoms with Crippen molar-refractivity contribution in [2.75, 3.05) is 31.2 Å². The first kappa shape index (κ1) is 16.1. The van der Waals surface area contributed by atoms with E-state index in [4.69, 9.17) is 22.1 Å². The number of carbonyl (C=O) groups excluding carboxylic acids is 1. The Hall–Kier alpha value is -1.30. The van der Waals surface area contributed by atoms with Gasteiger partial charge in [-0.2, -0.15) is 0 Å². The Balaban J connectivity index is 1.82. The summed E-state index contributed by atoms with van der Waals surface area (Å²) in [5, 5.41) is 3.37. The molecule has 2 unspecified atom stereocenters. The SMILES string of the molecule is CC1OCCC1N(C)CCC(=O)Nc1ccc(Cl)cc1N. The summed E-state index contributed by atoms with van der Waals surface area (Å²) in [5.41, 5.74) is 6.89. The van der Waals surface area contributed by atoms with Gasteiger partial charge in [0, 0.05) is 30.6 Å². The van der Waals surface area contributed by atoms with Crippen LogP contribution in [0.25, 0.3) is 0 Å². The van der Waals surface area contributed by atoms with E-state index in [2.05, 4.69) is 17.1 Å². The lowest BCUT2D eigenvalue weighted by Gasteiger charge is -2.26. The molecule has 2 rings (SSSR count). The number of hydrogen-bond acceptors (Lipinski definition) is 4. The molecule has 0 radical (unpaired) electrons. The fraction of sp³-hybridized carbons (Fsp3) is 0.533. The molecule has 116 valence electrons. The Morgan fingerprint density at radius 1 is 1.57 bits per heavy atom. The van der Waals surface area contributed by atoms with E-state index in [-0.39, 0.29) is 12.0 Å². The topological polar surface area (TPSA) is 67.6 Å². The smallest absolute Gasteiger partial charge is 0.225 e. The van der Waals surface area contributed by atoms with Gasteiger partial charge in [-0.05, 0) is 38.6 Å². The summed E-state index contributed by atoms with van der Waals surface area (Å²) >= 11 is 5.83. The second kappa shape index (κ2) is 7.11. The van der Waals surface area contributed by atoms with Crippen molar-refractivity contribution in [3.8, 4) is 0 Å². The predicted molar refractivity (Wildman–Crippen MR) is 85.6 cm³/mol. The first-order valence-electron chi connectivity index (χ1n) is 7.14. The largest absolute Gasteiger partial charge is 0.397 e. The third kappa shape index (κ3) is 4.33. The van der Waals surface area contributed by atoms with E-state index in [1.54, 1.807) is 18.2 Å². The number of nitrogens with two attached hydrogens (primary N) is 1. The van der Waals surface area contributed by atoms with Gasteiger partial charge in [0.25, 0.3) is 0 Å². The quantitative estimate of drug-likeness (QED) is 0.819. The number of carbonyl (C=O) groups is 1. The Bertz CT molecular complexity index is 510. The van der Waals surface area contributed by atoms with Crippen molar-refractivity contribution in [2.45, 2.75) is 31.9 Å². The molecule has 1 saturated heterocycles. The zero-order chi connectivity index (χ0) is 15.4. The van der Waals surface area contributed by atoms with Crippen molar-refractivity contribution < 1.29 is 9.53 Å². The molecule has 2 atom stereocenters. The minimum atomic E-state index is -0.0533. The van der Waals surface area contributed by atoms with Crippen molar-refractivity contribution in [3.63, 3.8) is 0 Å². The third-order valence-electron chi connectivity index (χ3n) is 3.88. The standard InChI is InChI=1S/C15H22ClN3O2/c1-10-14(6-8-21-10)19(2)7-5-15(20)18-13-4-3-11(16)9-12(13)17/h3-4,9-10,14H,5-8,17H2,1-2H3,(H,18,20). The normalized spacial score (nSPS) is 21.7. The number of amides is 1. The Morgan fingerprint density at radius 3 is 2.95 bits per heavy atom. The number of halogens is 1. The lowest BCUT2D eigenvalue weighted by molar-refractivity contribution is -0.116. The number of likely N-dealkylation sites (N-methyl/N-ethyl adjacent to an activating group) is 1. The van der Waals surface area contributed by atoms with Crippen LogP contribution >= 0.6 is 11.6 Å². The van der Waals surface area contributed by atoms with Crippen LogP contribution in [0.1, 0.15) is 19.8 Å². The van der Waals surface area contributed by atoms with Gasteiger partial charge in [-0.3, -0.25) is 4.79 Å². The first-order valence-corrected chi connectivity index (χ1v) is 7.52. The van der Waals surface area contributed by atoms with Crippen LogP contribution in [-0.2, 0) is 9.53 Å². The van der Waals surface area contributed by atoms with Gasteiger partial charge in [0.05, 0.1) is 17.5 Å². The maximum Gasteiger partial charge on any atom is 0.225 e. The molecule has 0 bridgehead atoms. The van der Waals surface area contributed by atoms with E-state index >= 15 is 0 Å². The molecule has 3 N–H and O–H groups in total. The molecule has 0 saturated carbocycles. The summed E-state index contributed by atoms with van der Waals surface area (Å²) in [6.07, 6.45) is 1.66. The van der Waals surface area contributed by atoms with Crippen molar-refractivity contribution in [3.05, 3.63) is 23.2 Å². The van der Waals surface area contributed by atoms with Crippen molar-refractivity contribution >= 4 is 28.9 Å².